The van der Waals surface area contributed by atoms with Crippen molar-refractivity contribution < 1.29 is 8.78 Å². The Morgan fingerprint density at radius 2 is 2.08 bits per heavy atom. The molecule has 0 nitrogen and oxygen atoms in total. The summed E-state index contributed by atoms with van der Waals surface area (Å²) in [6.07, 6.45) is 3.98. The van der Waals surface area contributed by atoms with Crippen LogP contribution in [0.3, 0.4) is 0 Å². The molecule has 0 aliphatic rings. The molecule has 1 aromatic rings. The molecule has 13 heavy (non-hydrogen) atoms. The van der Waals surface area contributed by atoms with E-state index in [1.165, 1.54) is 6.07 Å². The highest BCUT2D eigenvalue weighted by atomic mass is 19.2. The summed E-state index contributed by atoms with van der Waals surface area (Å²) in [6, 6.07) is 4.27. The van der Waals surface area contributed by atoms with Crippen molar-refractivity contribution >= 4 is 0 Å². The molecule has 70 valence electrons. The average Bonchev–Trinajstić information content (AvgIpc) is 2.13. The minimum absolute atomic E-state index is 0.446. The Kier molecular flexibility index (Phi) is 3.62. The molecular formula is C11H12F2. The fourth-order valence-electron chi connectivity index (χ4n) is 1.18. The van der Waals surface area contributed by atoms with Crippen LogP contribution in [-0.4, -0.2) is 0 Å². The summed E-state index contributed by atoms with van der Waals surface area (Å²) >= 11 is 0. The van der Waals surface area contributed by atoms with Crippen molar-refractivity contribution in [2.75, 3.05) is 0 Å². The zero-order valence-corrected chi connectivity index (χ0v) is 7.39. The van der Waals surface area contributed by atoms with Crippen LogP contribution in [0.5, 0.6) is 0 Å². The van der Waals surface area contributed by atoms with E-state index >= 15 is 0 Å². The van der Waals surface area contributed by atoms with Crippen LogP contribution in [-0.2, 0) is 6.42 Å². The second-order valence-electron chi connectivity index (χ2n) is 2.89. The van der Waals surface area contributed by atoms with Gasteiger partial charge in [0, 0.05) is 0 Å². The zero-order valence-electron chi connectivity index (χ0n) is 7.39. The fraction of sp³-hybridized carbons (Fsp3) is 0.273. The summed E-state index contributed by atoms with van der Waals surface area (Å²) in [7, 11) is 0. The van der Waals surface area contributed by atoms with Gasteiger partial charge in [-0.2, -0.15) is 0 Å². The highest BCUT2D eigenvalue weighted by Crippen LogP contribution is 2.13. The molecule has 0 atom stereocenters. The van der Waals surface area contributed by atoms with E-state index in [1.54, 1.807) is 12.1 Å². The lowest BCUT2D eigenvalue weighted by atomic mass is 10.1. The van der Waals surface area contributed by atoms with Crippen LogP contribution < -0.4 is 0 Å². The minimum Gasteiger partial charge on any atom is -0.204 e. The highest BCUT2D eigenvalue weighted by molar-refractivity contribution is 5.18. The van der Waals surface area contributed by atoms with Crippen LogP contribution in [0, 0.1) is 11.6 Å². The summed E-state index contributed by atoms with van der Waals surface area (Å²) in [6.45, 7) is 3.56. The third-order valence-corrected chi connectivity index (χ3v) is 1.89. The lowest BCUT2D eigenvalue weighted by molar-refractivity contribution is 0.497. The maximum absolute atomic E-state index is 13.0. The Morgan fingerprint density at radius 1 is 1.31 bits per heavy atom. The van der Waals surface area contributed by atoms with Crippen molar-refractivity contribution in [2.24, 2.45) is 0 Å². The molecule has 0 radical (unpaired) electrons. The van der Waals surface area contributed by atoms with E-state index in [4.69, 9.17) is 0 Å². The number of allylic oxidation sites excluding steroid dienone is 1. The van der Waals surface area contributed by atoms with Crippen LogP contribution >= 0.6 is 0 Å². The predicted octanol–water partition coefficient (Wildman–Crippen LogP) is 3.47. The molecule has 0 spiro atoms. The number of rotatable bonds is 4. The number of aryl methyl sites for hydroxylation is 1. The third kappa shape index (κ3) is 2.65. The lowest BCUT2D eigenvalue weighted by Gasteiger charge is -2.01. The summed E-state index contributed by atoms with van der Waals surface area (Å²) < 4.78 is 25.7. The van der Waals surface area contributed by atoms with Gasteiger partial charge >= 0.3 is 0 Å². The van der Waals surface area contributed by atoms with E-state index in [0.29, 0.717) is 12.0 Å². The van der Waals surface area contributed by atoms with Crippen LogP contribution in [0.2, 0.25) is 0 Å². The molecule has 2 heteroatoms. The molecule has 0 aromatic heterocycles. The molecule has 0 fully saturated rings. The molecule has 0 unspecified atom stereocenters. The quantitative estimate of drug-likeness (QED) is 0.494. The molecule has 0 N–H and O–H groups in total. The standard InChI is InChI=1S/C11H12F2/c1-2-3-4-6-9-7-5-8-10(12)11(9)13/h2,5,7-8H,1,3-4,6H2. The lowest BCUT2D eigenvalue weighted by Crippen LogP contribution is -1.93. The van der Waals surface area contributed by atoms with Crippen LogP contribution in [0.15, 0.2) is 30.9 Å². The van der Waals surface area contributed by atoms with Crippen molar-refractivity contribution in [2.45, 2.75) is 19.3 Å². The molecule has 1 rings (SSSR count). The van der Waals surface area contributed by atoms with E-state index in [9.17, 15) is 8.78 Å². The van der Waals surface area contributed by atoms with Crippen LogP contribution in [0.4, 0.5) is 8.78 Å². The highest BCUT2D eigenvalue weighted by Gasteiger charge is 2.05. The van der Waals surface area contributed by atoms with E-state index in [-0.39, 0.29) is 0 Å². The van der Waals surface area contributed by atoms with Crippen molar-refractivity contribution in [3.63, 3.8) is 0 Å². The number of benzene rings is 1. The van der Waals surface area contributed by atoms with Gasteiger partial charge in [-0.1, -0.05) is 18.2 Å². The van der Waals surface area contributed by atoms with Gasteiger partial charge in [-0.3, -0.25) is 0 Å². The SMILES string of the molecule is C=CCCCc1cccc(F)c1F. The normalized spacial score (nSPS) is 10.0. The van der Waals surface area contributed by atoms with Crippen LogP contribution in [0.25, 0.3) is 0 Å². The van der Waals surface area contributed by atoms with Gasteiger partial charge in [0.1, 0.15) is 0 Å². The molecule has 0 aliphatic heterocycles. The molecule has 0 saturated carbocycles. The Hall–Kier alpha value is -1.18. The van der Waals surface area contributed by atoms with Crippen molar-refractivity contribution in [1.82, 2.24) is 0 Å². The summed E-state index contributed by atoms with van der Waals surface area (Å²) in [5.74, 6) is -1.48. The smallest absolute Gasteiger partial charge is 0.162 e. The second kappa shape index (κ2) is 4.75. The molecule has 0 saturated heterocycles. The van der Waals surface area contributed by atoms with Gasteiger partial charge in [0.05, 0.1) is 0 Å². The van der Waals surface area contributed by atoms with Crippen LogP contribution in [0.1, 0.15) is 18.4 Å². The summed E-state index contributed by atoms with van der Waals surface area (Å²) in [5, 5.41) is 0. The molecule has 0 amide bonds. The van der Waals surface area contributed by atoms with E-state index in [1.807, 2.05) is 0 Å². The maximum atomic E-state index is 13.0. The first-order chi connectivity index (χ1) is 6.25. The Bertz CT molecular complexity index is 292. The topological polar surface area (TPSA) is 0 Å². The molecule has 0 bridgehead atoms. The fourth-order valence-corrected chi connectivity index (χ4v) is 1.18. The van der Waals surface area contributed by atoms with Gasteiger partial charge < -0.3 is 0 Å². The van der Waals surface area contributed by atoms with E-state index in [0.717, 1.165) is 18.9 Å². The Morgan fingerprint density at radius 3 is 2.77 bits per heavy atom. The predicted molar refractivity (Wildman–Crippen MR) is 49.5 cm³/mol. The van der Waals surface area contributed by atoms with Gasteiger partial charge in [0.25, 0.3) is 0 Å². The van der Waals surface area contributed by atoms with Crippen molar-refractivity contribution in [3.05, 3.63) is 48.1 Å². The van der Waals surface area contributed by atoms with E-state index in [2.05, 4.69) is 6.58 Å². The van der Waals surface area contributed by atoms with Crippen molar-refractivity contribution in [1.29, 1.82) is 0 Å². The monoisotopic (exact) mass is 182 g/mol. The number of halogens is 2. The molecule has 0 heterocycles. The average molecular weight is 182 g/mol. The van der Waals surface area contributed by atoms with Gasteiger partial charge in [-0.05, 0) is 30.9 Å². The first-order valence-electron chi connectivity index (χ1n) is 4.29. The zero-order chi connectivity index (χ0) is 9.68. The third-order valence-electron chi connectivity index (χ3n) is 1.89. The number of hydrogen-bond acceptors (Lipinski definition) is 0. The number of unbranched alkanes of at least 4 members (excludes halogenated alkanes) is 1. The van der Waals surface area contributed by atoms with Gasteiger partial charge in [-0.25, -0.2) is 8.78 Å². The molecule has 1 aromatic carbocycles. The van der Waals surface area contributed by atoms with Gasteiger partial charge in [0.15, 0.2) is 11.6 Å². The first kappa shape index (κ1) is 9.90. The summed E-state index contributed by atoms with van der Waals surface area (Å²) in [5.41, 5.74) is 0.446. The van der Waals surface area contributed by atoms with Gasteiger partial charge in [0.2, 0.25) is 0 Å². The van der Waals surface area contributed by atoms with Gasteiger partial charge in [-0.15, -0.1) is 6.58 Å². The first-order valence-corrected chi connectivity index (χ1v) is 4.29. The van der Waals surface area contributed by atoms with Crippen molar-refractivity contribution in [3.8, 4) is 0 Å². The number of hydrogen-bond donors (Lipinski definition) is 0. The molecular weight excluding hydrogens is 170 g/mol. The Labute approximate surface area is 76.9 Å². The molecule has 0 aliphatic carbocycles. The van der Waals surface area contributed by atoms with E-state index < -0.39 is 11.6 Å². The maximum Gasteiger partial charge on any atom is 0.162 e. The minimum atomic E-state index is -0.767. The summed E-state index contributed by atoms with van der Waals surface area (Å²) in [4.78, 5) is 0. The second-order valence-corrected chi connectivity index (χ2v) is 2.89. The largest absolute Gasteiger partial charge is 0.204 e. The Balaban J connectivity index is 2.65.